The minimum absolute atomic E-state index is 0.0148. The van der Waals surface area contributed by atoms with Gasteiger partial charge in [-0.25, -0.2) is 4.98 Å². The van der Waals surface area contributed by atoms with Gasteiger partial charge >= 0.3 is 6.01 Å². The molecule has 1 amide bonds. The van der Waals surface area contributed by atoms with Crippen LogP contribution in [0.2, 0.25) is 0 Å². The fourth-order valence-electron chi connectivity index (χ4n) is 3.33. The zero-order chi connectivity index (χ0) is 25.5. The molecule has 0 bridgehead atoms. The van der Waals surface area contributed by atoms with E-state index in [1.165, 1.54) is 0 Å². The smallest absolute Gasteiger partial charge is 0.317 e. The van der Waals surface area contributed by atoms with E-state index in [4.69, 9.17) is 19.1 Å². The van der Waals surface area contributed by atoms with Gasteiger partial charge in [-0.3, -0.25) is 4.79 Å². The van der Waals surface area contributed by atoms with E-state index >= 15 is 0 Å². The van der Waals surface area contributed by atoms with Gasteiger partial charge in [0, 0.05) is 17.8 Å². The minimum Gasteiger partial charge on any atom is -0.490 e. The van der Waals surface area contributed by atoms with Gasteiger partial charge in [0.15, 0.2) is 0 Å². The third kappa shape index (κ3) is 6.96. The standard InChI is InChI=1S/C24H31N5O6/c1-6-16-9-17(7-14(4)21(16)33-12-18(31)10-25-20(32)11-30)22-28-23(35-29-22)19-8-15(5)26-24(27-19)34-13(2)3/h7-9,13,18,30-31H,6,10-12H2,1-5H3,(H,25,32)/t18-/m0/s1. The van der Waals surface area contributed by atoms with Gasteiger partial charge in [-0.05, 0) is 63.4 Å². The topological polar surface area (TPSA) is 153 Å². The molecule has 3 N–H and O–H groups in total. The highest BCUT2D eigenvalue weighted by molar-refractivity contribution is 5.76. The van der Waals surface area contributed by atoms with Crippen LogP contribution in [0.3, 0.4) is 0 Å². The summed E-state index contributed by atoms with van der Waals surface area (Å²) < 4.78 is 16.9. The number of ether oxygens (including phenoxy) is 2. The van der Waals surface area contributed by atoms with Gasteiger partial charge in [0.1, 0.15) is 30.8 Å². The van der Waals surface area contributed by atoms with Crippen LogP contribution in [0, 0.1) is 13.8 Å². The number of aliphatic hydroxyl groups is 2. The van der Waals surface area contributed by atoms with Crippen LogP contribution in [-0.4, -0.2) is 68.2 Å². The number of carbonyl (C=O) groups is 1. The first-order valence-electron chi connectivity index (χ1n) is 11.4. The number of benzene rings is 1. The molecule has 0 saturated heterocycles. The summed E-state index contributed by atoms with van der Waals surface area (Å²) in [7, 11) is 0. The summed E-state index contributed by atoms with van der Waals surface area (Å²) >= 11 is 0. The molecule has 0 aliphatic rings. The fraction of sp³-hybridized carbons (Fsp3) is 0.458. The zero-order valence-electron chi connectivity index (χ0n) is 20.5. The Morgan fingerprint density at radius 3 is 2.63 bits per heavy atom. The fourth-order valence-corrected chi connectivity index (χ4v) is 3.33. The number of nitrogens with one attached hydrogen (secondary N) is 1. The van der Waals surface area contributed by atoms with Gasteiger partial charge in [0.2, 0.25) is 11.7 Å². The van der Waals surface area contributed by atoms with Crippen LogP contribution in [-0.2, 0) is 11.2 Å². The zero-order valence-corrected chi connectivity index (χ0v) is 20.5. The molecular formula is C24H31N5O6. The first-order valence-corrected chi connectivity index (χ1v) is 11.4. The molecule has 2 heterocycles. The second-order valence-electron chi connectivity index (χ2n) is 8.33. The number of aromatic nitrogens is 4. The average molecular weight is 486 g/mol. The third-order valence-electron chi connectivity index (χ3n) is 4.91. The van der Waals surface area contributed by atoms with Crippen molar-refractivity contribution in [2.24, 2.45) is 0 Å². The molecule has 188 valence electrons. The number of carbonyl (C=O) groups excluding carboxylic acids is 1. The molecule has 0 aliphatic heterocycles. The molecule has 1 aromatic carbocycles. The van der Waals surface area contributed by atoms with Gasteiger partial charge in [0.05, 0.1) is 6.10 Å². The van der Waals surface area contributed by atoms with Crippen LogP contribution in [0.1, 0.15) is 37.6 Å². The van der Waals surface area contributed by atoms with Crippen molar-refractivity contribution in [2.75, 3.05) is 19.8 Å². The van der Waals surface area contributed by atoms with Gasteiger partial charge in [0.25, 0.3) is 5.89 Å². The maximum absolute atomic E-state index is 11.1. The number of nitrogens with zero attached hydrogens (tertiary/aromatic N) is 4. The maximum Gasteiger partial charge on any atom is 0.317 e. The Morgan fingerprint density at radius 2 is 1.94 bits per heavy atom. The van der Waals surface area contributed by atoms with E-state index in [0.717, 1.165) is 16.7 Å². The number of rotatable bonds is 11. The van der Waals surface area contributed by atoms with Crippen LogP contribution in [0.4, 0.5) is 0 Å². The summed E-state index contributed by atoms with van der Waals surface area (Å²) in [6, 6.07) is 5.79. The molecule has 0 fully saturated rings. The molecule has 3 rings (SSSR count). The quantitative estimate of drug-likeness (QED) is 0.367. The molecule has 0 saturated carbocycles. The second-order valence-corrected chi connectivity index (χ2v) is 8.33. The Morgan fingerprint density at radius 1 is 1.17 bits per heavy atom. The predicted octanol–water partition coefficient (Wildman–Crippen LogP) is 2.01. The number of aliphatic hydroxyl groups excluding tert-OH is 2. The van der Waals surface area contributed by atoms with Gasteiger partial charge in [-0.1, -0.05) is 12.1 Å². The Bertz CT molecular complexity index is 1160. The highest BCUT2D eigenvalue weighted by Crippen LogP contribution is 2.31. The first kappa shape index (κ1) is 26.0. The average Bonchev–Trinajstić information content (AvgIpc) is 3.31. The second kappa shape index (κ2) is 11.7. The number of aryl methyl sites for hydroxylation is 3. The molecule has 0 radical (unpaired) electrons. The van der Waals surface area contributed by atoms with E-state index in [2.05, 4.69) is 25.4 Å². The molecular weight excluding hydrogens is 454 g/mol. The van der Waals surface area contributed by atoms with E-state index in [-0.39, 0.29) is 31.2 Å². The van der Waals surface area contributed by atoms with Crippen LogP contribution >= 0.6 is 0 Å². The molecule has 11 heteroatoms. The van der Waals surface area contributed by atoms with Crippen LogP contribution < -0.4 is 14.8 Å². The minimum atomic E-state index is -0.921. The summed E-state index contributed by atoms with van der Waals surface area (Å²) in [5.74, 6) is 0.746. The van der Waals surface area contributed by atoms with Crippen molar-refractivity contribution in [3.05, 3.63) is 35.0 Å². The van der Waals surface area contributed by atoms with E-state index < -0.39 is 18.6 Å². The summed E-state index contributed by atoms with van der Waals surface area (Å²) in [4.78, 5) is 24.3. The SMILES string of the molecule is CCc1cc(-c2noc(-c3cc(C)nc(OC(C)C)n3)n2)cc(C)c1OC[C@@H](O)CNC(=O)CO. The molecule has 0 spiro atoms. The first-order chi connectivity index (χ1) is 16.7. The lowest BCUT2D eigenvalue weighted by atomic mass is 10.0. The predicted molar refractivity (Wildman–Crippen MR) is 127 cm³/mol. The van der Waals surface area contributed by atoms with E-state index in [0.29, 0.717) is 29.4 Å². The van der Waals surface area contributed by atoms with Crippen molar-refractivity contribution in [2.45, 2.75) is 53.2 Å². The molecule has 0 aliphatic carbocycles. The van der Waals surface area contributed by atoms with Crippen molar-refractivity contribution < 1.29 is 29.0 Å². The molecule has 3 aromatic rings. The number of amides is 1. The highest BCUT2D eigenvalue weighted by Gasteiger charge is 2.18. The normalized spacial score (nSPS) is 12.0. The largest absolute Gasteiger partial charge is 0.490 e. The van der Waals surface area contributed by atoms with Crippen molar-refractivity contribution in [3.8, 4) is 34.7 Å². The summed E-state index contributed by atoms with van der Waals surface area (Å²) in [6.45, 7) is 8.85. The lowest BCUT2D eigenvalue weighted by Crippen LogP contribution is -2.36. The van der Waals surface area contributed by atoms with E-state index in [9.17, 15) is 9.90 Å². The molecule has 0 unspecified atom stereocenters. The Kier molecular flexibility index (Phi) is 8.72. The van der Waals surface area contributed by atoms with E-state index in [1.807, 2.05) is 46.8 Å². The van der Waals surface area contributed by atoms with E-state index in [1.54, 1.807) is 6.07 Å². The van der Waals surface area contributed by atoms with Gasteiger partial charge < -0.3 is 29.5 Å². The van der Waals surface area contributed by atoms with Crippen LogP contribution in [0.5, 0.6) is 11.8 Å². The highest BCUT2D eigenvalue weighted by atomic mass is 16.5. The van der Waals surface area contributed by atoms with Crippen LogP contribution in [0.25, 0.3) is 23.0 Å². The monoisotopic (exact) mass is 485 g/mol. The van der Waals surface area contributed by atoms with Gasteiger partial charge in [-0.2, -0.15) is 9.97 Å². The van der Waals surface area contributed by atoms with Crippen molar-refractivity contribution >= 4 is 5.91 Å². The Balaban J connectivity index is 1.79. The Hall–Kier alpha value is -3.57. The molecule has 2 aromatic heterocycles. The third-order valence-corrected chi connectivity index (χ3v) is 4.91. The Labute approximate surface area is 203 Å². The summed E-state index contributed by atoms with van der Waals surface area (Å²) in [5, 5.41) is 25.4. The lowest BCUT2D eigenvalue weighted by molar-refractivity contribution is -0.124. The van der Waals surface area contributed by atoms with Crippen molar-refractivity contribution in [1.82, 2.24) is 25.4 Å². The maximum atomic E-state index is 11.1. The molecule has 1 atom stereocenters. The molecule has 35 heavy (non-hydrogen) atoms. The number of hydrogen-bond acceptors (Lipinski definition) is 10. The number of hydrogen-bond donors (Lipinski definition) is 3. The summed E-state index contributed by atoms with van der Waals surface area (Å²) in [6.07, 6.45) is -0.318. The lowest BCUT2D eigenvalue weighted by Gasteiger charge is -2.17. The van der Waals surface area contributed by atoms with Gasteiger partial charge in [-0.15, -0.1) is 0 Å². The molecule has 11 nitrogen and oxygen atoms in total. The summed E-state index contributed by atoms with van der Waals surface area (Å²) in [5.41, 5.74) is 3.68. The van der Waals surface area contributed by atoms with Crippen molar-refractivity contribution in [1.29, 1.82) is 0 Å². The van der Waals surface area contributed by atoms with Crippen LogP contribution in [0.15, 0.2) is 22.7 Å². The van der Waals surface area contributed by atoms with Crippen molar-refractivity contribution in [3.63, 3.8) is 0 Å².